The fourth-order valence-electron chi connectivity index (χ4n) is 3.21. The Morgan fingerprint density at radius 3 is 2.65 bits per heavy atom. The number of benzene rings is 1. The summed E-state index contributed by atoms with van der Waals surface area (Å²) < 4.78 is 2.29. The zero-order valence-corrected chi connectivity index (χ0v) is 16.5. The van der Waals surface area contributed by atoms with E-state index in [0.717, 1.165) is 16.5 Å². The molecule has 4 rings (SSSR count). The van der Waals surface area contributed by atoms with E-state index in [9.17, 15) is 4.79 Å². The average molecular weight is 371 g/mol. The van der Waals surface area contributed by atoms with Gasteiger partial charge in [0.25, 0.3) is 0 Å². The van der Waals surface area contributed by atoms with Gasteiger partial charge in [-0.2, -0.15) is 0 Å². The molecule has 1 heterocycles. The molecule has 0 bridgehead atoms. The first-order valence-electron chi connectivity index (χ1n) is 9.47. The van der Waals surface area contributed by atoms with Crippen molar-refractivity contribution >= 4 is 17.7 Å². The molecule has 1 aromatic heterocycles. The Balaban J connectivity index is 1.36. The van der Waals surface area contributed by atoms with E-state index in [1.807, 2.05) is 6.92 Å². The summed E-state index contributed by atoms with van der Waals surface area (Å²) in [6.45, 7) is 6.24. The summed E-state index contributed by atoms with van der Waals surface area (Å²) in [5.41, 5.74) is 3.67. The van der Waals surface area contributed by atoms with E-state index >= 15 is 0 Å². The highest BCUT2D eigenvalue weighted by Crippen LogP contribution is 2.45. The Labute approximate surface area is 159 Å². The van der Waals surface area contributed by atoms with Gasteiger partial charge in [0, 0.05) is 12.0 Å². The molecule has 1 N–H and O–H groups in total. The normalized spacial score (nSPS) is 18.0. The molecule has 2 aliphatic carbocycles. The Morgan fingerprint density at radius 1 is 1.23 bits per heavy atom. The average Bonchev–Trinajstić information content (AvgIpc) is 3.54. The van der Waals surface area contributed by atoms with Gasteiger partial charge in [-0.25, -0.2) is 0 Å². The van der Waals surface area contributed by atoms with Crippen LogP contribution in [-0.4, -0.2) is 26.4 Å². The van der Waals surface area contributed by atoms with Crippen LogP contribution in [-0.2, 0) is 4.79 Å². The standard InChI is InChI=1S/C20H26N4OS/c1-12-4-5-16(10-13(12)2)14(3)21-18(25)11-26-20-23-22-19(15-6-7-15)24(20)17-8-9-17/h4-5,10,14-15,17H,6-9,11H2,1-3H3,(H,21,25)/t14-/m0/s1. The molecule has 2 aliphatic rings. The highest BCUT2D eigenvalue weighted by molar-refractivity contribution is 7.99. The van der Waals surface area contributed by atoms with Gasteiger partial charge in [-0.15, -0.1) is 10.2 Å². The summed E-state index contributed by atoms with van der Waals surface area (Å²) in [4.78, 5) is 12.4. The second-order valence-electron chi connectivity index (χ2n) is 7.64. The van der Waals surface area contributed by atoms with E-state index in [4.69, 9.17) is 0 Å². The van der Waals surface area contributed by atoms with Crippen molar-refractivity contribution in [2.45, 2.75) is 69.6 Å². The maximum Gasteiger partial charge on any atom is 0.230 e. The number of carbonyl (C=O) groups excluding carboxylic acids is 1. The van der Waals surface area contributed by atoms with Crippen molar-refractivity contribution in [2.24, 2.45) is 0 Å². The van der Waals surface area contributed by atoms with E-state index in [1.165, 1.54) is 48.6 Å². The van der Waals surface area contributed by atoms with Crippen molar-refractivity contribution in [3.8, 4) is 0 Å². The lowest BCUT2D eigenvalue weighted by atomic mass is 10.0. The minimum Gasteiger partial charge on any atom is -0.349 e. The molecule has 0 unspecified atom stereocenters. The largest absolute Gasteiger partial charge is 0.349 e. The highest BCUT2D eigenvalue weighted by atomic mass is 32.2. The molecule has 0 aliphatic heterocycles. The van der Waals surface area contributed by atoms with Crippen LogP contribution in [0.15, 0.2) is 23.4 Å². The Kier molecular flexibility index (Phi) is 4.78. The molecule has 0 spiro atoms. The van der Waals surface area contributed by atoms with E-state index in [-0.39, 0.29) is 11.9 Å². The molecular formula is C20H26N4OS. The van der Waals surface area contributed by atoms with Crippen molar-refractivity contribution in [1.82, 2.24) is 20.1 Å². The van der Waals surface area contributed by atoms with E-state index < -0.39 is 0 Å². The third-order valence-electron chi connectivity index (χ3n) is 5.29. The number of amides is 1. The van der Waals surface area contributed by atoms with Crippen LogP contribution in [0.25, 0.3) is 0 Å². The molecule has 1 aromatic carbocycles. The lowest BCUT2D eigenvalue weighted by molar-refractivity contribution is -0.119. The lowest BCUT2D eigenvalue weighted by Gasteiger charge is -2.15. The molecule has 5 nitrogen and oxygen atoms in total. The maximum atomic E-state index is 12.4. The Bertz CT molecular complexity index is 823. The number of aryl methyl sites for hydroxylation is 2. The van der Waals surface area contributed by atoms with E-state index in [2.05, 4.69) is 52.1 Å². The molecule has 6 heteroatoms. The molecule has 0 radical (unpaired) electrons. The van der Waals surface area contributed by atoms with Gasteiger partial charge in [0.05, 0.1) is 11.8 Å². The Hall–Kier alpha value is -1.82. The first-order valence-corrected chi connectivity index (χ1v) is 10.5. The summed E-state index contributed by atoms with van der Waals surface area (Å²) in [5.74, 6) is 2.15. The number of nitrogens with zero attached hydrogens (tertiary/aromatic N) is 3. The lowest BCUT2D eigenvalue weighted by Crippen LogP contribution is -2.28. The number of aromatic nitrogens is 3. The first kappa shape index (κ1) is 17.6. The molecule has 2 aromatic rings. The SMILES string of the molecule is Cc1ccc([C@H](C)NC(=O)CSc2nnc(C3CC3)n2C2CC2)cc1C. The minimum absolute atomic E-state index is 0.00530. The topological polar surface area (TPSA) is 59.8 Å². The van der Waals surface area contributed by atoms with Crippen LogP contribution in [0.4, 0.5) is 0 Å². The van der Waals surface area contributed by atoms with Crippen molar-refractivity contribution in [2.75, 3.05) is 5.75 Å². The summed E-state index contributed by atoms with van der Waals surface area (Å²) in [7, 11) is 0. The van der Waals surface area contributed by atoms with Gasteiger partial charge >= 0.3 is 0 Å². The quantitative estimate of drug-likeness (QED) is 0.746. The summed E-state index contributed by atoms with van der Waals surface area (Å²) in [6, 6.07) is 6.91. The molecular weight excluding hydrogens is 344 g/mol. The second-order valence-corrected chi connectivity index (χ2v) is 8.58. The zero-order valence-electron chi connectivity index (χ0n) is 15.7. The molecule has 2 saturated carbocycles. The van der Waals surface area contributed by atoms with Gasteiger partial charge in [0.1, 0.15) is 5.82 Å². The third kappa shape index (κ3) is 3.80. The van der Waals surface area contributed by atoms with Crippen LogP contribution in [0, 0.1) is 13.8 Å². The van der Waals surface area contributed by atoms with Gasteiger partial charge in [0.2, 0.25) is 5.91 Å². The fourth-order valence-corrected chi connectivity index (χ4v) is 4.04. The van der Waals surface area contributed by atoms with Crippen LogP contribution in [0.2, 0.25) is 0 Å². The van der Waals surface area contributed by atoms with Crippen LogP contribution >= 0.6 is 11.8 Å². The van der Waals surface area contributed by atoms with E-state index in [0.29, 0.717) is 17.7 Å². The number of rotatable bonds is 7. The van der Waals surface area contributed by atoms with E-state index in [1.54, 1.807) is 0 Å². The highest BCUT2D eigenvalue weighted by Gasteiger charge is 2.36. The van der Waals surface area contributed by atoms with Crippen LogP contribution < -0.4 is 5.32 Å². The molecule has 0 saturated heterocycles. The number of hydrogen-bond donors (Lipinski definition) is 1. The summed E-state index contributed by atoms with van der Waals surface area (Å²) >= 11 is 1.51. The first-order chi connectivity index (χ1) is 12.5. The second kappa shape index (κ2) is 7.06. The monoisotopic (exact) mass is 370 g/mol. The minimum atomic E-state index is 0.00530. The van der Waals surface area contributed by atoms with Gasteiger partial charge in [-0.3, -0.25) is 4.79 Å². The van der Waals surface area contributed by atoms with Crippen molar-refractivity contribution in [3.63, 3.8) is 0 Å². The van der Waals surface area contributed by atoms with Gasteiger partial charge in [-0.1, -0.05) is 30.0 Å². The van der Waals surface area contributed by atoms with Gasteiger partial charge in [0.15, 0.2) is 5.16 Å². The number of thioether (sulfide) groups is 1. The molecule has 26 heavy (non-hydrogen) atoms. The van der Waals surface area contributed by atoms with Gasteiger partial charge in [-0.05, 0) is 63.1 Å². The van der Waals surface area contributed by atoms with Crippen LogP contribution in [0.1, 0.15) is 73.1 Å². The van der Waals surface area contributed by atoms with Gasteiger partial charge < -0.3 is 9.88 Å². The van der Waals surface area contributed by atoms with Crippen molar-refractivity contribution < 1.29 is 4.79 Å². The van der Waals surface area contributed by atoms with Crippen LogP contribution in [0.3, 0.4) is 0 Å². The maximum absolute atomic E-state index is 12.4. The molecule has 1 atom stereocenters. The predicted octanol–water partition coefficient (Wildman–Crippen LogP) is 4.08. The zero-order chi connectivity index (χ0) is 18.3. The summed E-state index contributed by atoms with van der Waals surface area (Å²) in [5, 5.41) is 12.8. The summed E-state index contributed by atoms with van der Waals surface area (Å²) in [6.07, 6.45) is 4.87. The number of carbonyl (C=O) groups is 1. The molecule has 138 valence electrons. The van der Waals surface area contributed by atoms with Crippen molar-refractivity contribution in [1.29, 1.82) is 0 Å². The predicted molar refractivity (Wildman–Crippen MR) is 103 cm³/mol. The third-order valence-corrected chi connectivity index (χ3v) is 6.23. The number of hydrogen-bond acceptors (Lipinski definition) is 4. The van der Waals surface area contributed by atoms with Crippen LogP contribution in [0.5, 0.6) is 0 Å². The smallest absolute Gasteiger partial charge is 0.230 e. The molecule has 2 fully saturated rings. The Morgan fingerprint density at radius 2 is 2.00 bits per heavy atom. The number of nitrogens with one attached hydrogen (secondary N) is 1. The fraction of sp³-hybridized carbons (Fsp3) is 0.550. The molecule has 1 amide bonds. The van der Waals surface area contributed by atoms with Crippen molar-refractivity contribution in [3.05, 3.63) is 40.7 Å².